The van der Waals surface area contributed by atoms with Crippen LogP contribution < -0.4 is 10.1 Å². The number of hydrogen-bond acceptors (Lipinski definition) is 4. The lowest BCUT2D eigenvalue weighted by Gasteiger charge is -2.38. The summed E-state index contributed by atoms with van der Waals surface area (Å²) in [6.45, 7) is 2.18. The minimum atomic E-state index is -0.612. The Morgan fingerprint density at radius 3 is 2.85 bits per heavy atom. The Labute approximate surface area is 120 Å². The molecule has 0 bridgehead atoms. The highest BCUT2D eigenvalue weighted by molar-refractivity contribution is 5.84. The van der Waals surface area contributed by atoms with E-state index in [0.29, 0.717) is 5.92 Å². The zero-order valence-corrected chi connectivity index (χ0v) is 12.4. The van der Waals surface area contributed by atoms with Crippen molar-refractivity contribution in [2.45, 2.75) is 38.1 Å². The SMILES string of the molecule is COC(=O)C1(Nc2cccc(OC)c2)CCCC(C)C1. The van der Waals surface area contributed by atoms with E-state index in [1.165, 1.54) is 13.5 Å². The van der Waals surface area contributed by atoms with E-state index in [1.807, 2.05) is 24.3 Å². The Morgan fingerprint density at radius 1 is 1.40 bits per heavy atom. The maximum absolute atomic E-state index is 12.3. The third-order valence-corrected chi connectivity index (χ3v) is 4.03. The molecule has 2 unspecified atom stereocenters. The van der Waals surface area contributed by atoms with Gasteiger partial charge in [0.1, 0.15) is 11.3 Å². The van der Waals surface area contributed by atoms with Gasteiger partial charge in [0.05, 0.1) is 14.2 Å². The highest BCUT2D eigenvalue weighted by Gasteiger charge is 2.42. The molecule has 0 aliphatic heterocycles. The second-order valence-electron chi connectivity index (χ2n) is 5.63. The summed E-state index contributed by atoms with van der Waals surface area (Å²) in [7, 11) is 3.09. The maximum Gasteiger partial charge on any atom is 0.331 e. The highest BCUT2D eigenvalue weighted by atomic mass is 16.5. The summed E-state index contributed by atoms with van der Waals surface area (Å²) >= 11 is 0. The van der Waals surface area contributed by atoms with Gasteiger partial charge >= 0.3 is 5.97 Å². The third-order valence-electron chi connectivity index (χ3n) is 4.03. The maximum atomic E-state index is 12.3. The largest absolute Gasteiger partial charge is 0.497 e. The van der Waals surface area contributed by atoms with Crippen molar-refractivity contribution in [2.75, 3.05) is 19.5 Å². The van der Waals surface area contributed by atoms with Gasteiger partial charge in [-0.3, -0.25) is 0 Å². The molecule has 1 aliphatic carbocycles. The molecule has 0 amide bonds. The van der Waals surface area contributed by atoms with Crippen LogP contribution in [0.1, 0.15) is 32.6 Å². The van der Waals surface area contributed by atoms with Crippen LogP contribution in [0.3, 0.4) is 0 Å². The Bertz CT molecular complexity index is 475. The van der Waals surface area contributed by atoms with Gasteiger partial charge in [0.2, 0.25) is 0 Å². The van der Waals surface area contributed by atoms with E-state index in [0.717, 1.165) is 30.7 Å². The van der Waals surface area contributed by atoms with Gasteiger partial charge in [-0.1, -0.05) is 25.8 Å². The van der Waals surface area contributed by atoms with Crippen LogP contribution in [0.4, 0.5) is 5.69 Å². The predicted octanol–water partition coefficient (Wildman–Crippen LogP) is 3.23. The molecule has 0 aromatic heterocycles. The first-order chi connectivity index (χ1) is 9.59. The molecular formula is C16H23NO3. The molecule has 0 heterocycles. The normalized spacial score (nSPS) is 25.9. The van der Waals surface area contributed by atoms with Gasteiger partial charge in [0.15, 0.2) is 0 Å². The Morgan fingerprint density at radius 2 is 2.20 bits per heavy atom. The van der Waals surface area contributed by atoms with E-state index < -0.39 is 5.54 Å². The monoisotopic (exact) mass is 277 g/mol. The summed E-state index contributed by atoms with van der Waals surface area (Å²) in [6.07, 6.45) is 3.81. The van der Waals surface area contributed by atoms with Gasteiger partial charge in [-0.15, -0.1) is 0 Å². The van der Waals surface area contributed by atoms with Crippen molar-refractivity contribution in [2.24, 2.45) is 5.92 Å². The molecular weight excluding hydrogens is 254 g/mol. The second kappa shape index (κ2) is 6.16. The smallest absolute Gasteiger partial charge is 0.331 e. The second-order valence-corrected chi connectivity index (χ2v) is 5.63. The molecule has 0 radical (unpaired) electrons. The molecule has 2 rings (SSSR count). The number of benzene rings is 1. The van der Waals surface area contributed by atoms with Gasteiger partial charge in [-0.2, -0.15) is 0 Å². The number of nitrogens with one attached hydrogen (secondary N) is 1. The van der Waals surface area contributed by atoms with Crippen LogP contribution in [-0.2, 0) is 9.53 Å². The number of hydrogen-bond donors (Lipinski definition) is 1. The van der Waals surface area contributed by atoms with Crippen LogP contribution in [0.5, 0.6) is 5.75 Å². The lowest BCUT2D eigenvalue weighted by Crippen LogP contribution is -2.50. The van der Waals surface area contributed by atoms with Gasteiger partial charge < -0.3 is 14.8 Å². The number of ether oxygens (including phenoxy) is 2. The number of carbonyl (C=O) groups excluding carboxylic acids is 1. The van der Waals surface area contributed by atoms with E-state index in [2.05, 4.69) is 12.2 Å². The molecule has 2 atom stereocenters. The minimum Gasteiger partial charge on any atom is -0.497 e. The van der Waals surface area contributed by atoms with Crippen LogP contribution in [0.15, 0.2) is 24.3 Å². The number of carbonyl (C=O) groups is 1. The number of methoxy groups -OCH3 is 2. The average Bonchev–Trinajstić information content (AvgIpc) is 2.46. The van der Waals surface area contributed by atoms with E-state index >= 15 is 0 Å². The third kappa shape index (κ3) is 3.06. The van der Waals surface area contributed by atoms with Crippen LogP contribution in [0.2, 0.25) is 0 Å². The summed E-state index contributed by atoms with van der Waals surface area (Å²) in [5.74, 6) is 1.12. The molecule has 0 spiro atoms. The number of anilines is 1. The zero-order chi connectivity index (χ0) is 14.6. The fourth-order valence-corrected chi connectivity index (χ4v) is 3.07. The fourth-order valence-electron chi connectivity index (χ4n) is 3.07. The molecule has 1 saturated carbocycles. The molecule has 110 valence electrons. The molecule has 1 aromatic rings. The Hall–Kier alpha value is -1.71. The van der Waals surface area contributed by atoms with Crippen LogP contribution in [0, 0.1) is 5.92 Å². The van der Waals surface area contributed by atoms with Gasteiger partial charge in [0.25, 0.3) is 0 Å². The van der Waals surface area contributed by atoms with E-state index in [9.17, 15) is 4.79 Å². The van der Waals surface area contributed by atoms with Crippen LogP contribution in [-0.4, -0.2) is 25.7 Å². The molecule has 1 aromatic carbocycles. The van der Waals surface area contributed by atoms with Crippen molar-refractivity contribution >= 4 is 11.7 Å². The van der Waals surface area contributed by atoms with Crippen molar-refractivity contribution in [3.63, 3.8) is 0 Å². The summed E-state index contributed by atoms with van der Waals surface area (Å²) in [4.78, 5) is 12.3. The molecule has 4 nitrogen and oxygen atoms in total. The van der Waals surface area contributed by atoms with Gasteiger partial charge in [-0.05, 0) is 30.9 Å². The molecule has 1 N–H and O–H groups in total. The molecule has 1 aliphatic rings. The van der Waals surface area contributed by atoms with Crippen molar-refractivity contribution in [1.29, 1.82) is 0 Å². The standard InChI is InChI=1S/C16H23NO3/c1-12-6-5-9-16(11-12,15(18)20-3)17-13-7-4-8-14(10-13)19-2/h4,7-8,10,12,17H,5-6,9,11H2,1-3H3. The first-order valence-electron chi connectivity index (χ1n) is 7.10. The van der Waals surface area contributed by atoms with Crippen molar-refractivity contribution < 1.29 is 14.3 Å². The molecule has 1 fully saturated rings. The zero-order valence-electron chi connectivity index (χ0n) is 12.4. The lowest BCUT2D eigenvalue weighted by atomic mass is 9.76. The van der Waals surface area contributed by atoms with Gasteiger partial charge in [0, 0.05) is 11.8 Å². The van der Waals surface area contributed by atoms with E-state index in [1.54, 1.807) is 7.11 Å². The van der Waals surface area contributed by atoms with E-state index in [-0.39, 0.29) is 5.97 Å². The summed E-state index contributed by atoms with van der Waals surface area (Å²) < 4.78 is 10.3. The lowest BCUT2D eigenvalue weighted by molar-refractivity contribution is -0.147. The summed E-state index contributed by atoms with van der Waals surface area (Å²) in [5, 5.41) is 3.40. The van der Waals surface area contributed by atoms with Crippen molar-refractivity contribution in [3.8, 4) is 5.75 Å². The molecule has 4 heteroatoms. The first kappa shape index (κ1) is 14.7. The fraction of sp³-hybridized carbons (Fsp3) is 0.562. The van der Waals surface area contributed by atoms with Crippen molar-refractivity contribution in [1.82, 2.24) is 0 Å². The van der Waals surface area contributed by atoms with Crippen LogP contribution >= 0.6 is 0 Å². The average molecular weight is 277 g/mol. The molecule has 0 saturated heterocycles. The highest BCUT2D eigenvalue weighted by Crippen LogP contribution is 2.36. The minimum absolute atomic E-state index is 0.174. The quantitative estimate of drug-likeness (QED) is 0.858. The molecule has 20 heavy (non-hydrogen) atoms. The van der Waals surface area contributed by atoms with Crippen LogP contribution in [0.25, 0.3) is 0 Å². The van der Waals surface area contributed by atoms with E-state index in [4.69, 9.17) is 9.47 Å². The number of rotatable bonds is 4. The predicted molar refractivity (Wildman–Crippen MR) is 79.0 cm³/mol. The Balaban J connectivity index is 2.25. The van der Waals surface area contributed by atoms with Crippen molar-refractivity contribution in [3.05, 3.63) is 24.3 Å². The Kier molecular flexibility index (Phi) is 4.53. The topological polar surface area (TPSA) is 47.6 Å². The summed E-state index contributed by atoms with van der Waals surface area (Å²) in [5.41, 5.74) is 0.280. The van der Waals surface area contributed by atoms with Gasteiger partial charge in [-0.25, -0.2) is 4.79 Å². The first-order valence-corrected chi connectivity index (χ1v) is 7.10. The number of esters is 1. The summed E-state index contributed by atoms with van der Waals surface area (Å²) in [6, 6.07) is 7.66.